The van der Waals surface area contributed by atoms with E-state index in [0.29, 0.717) is 24.8 Å². The molecular weight excluding hydrogens is 402 g/mol. The van der Waals surface area contributed by atoms with Gasteiger partial charge in [0.2, 0.25) is 11.7 Å². The number of cyclic esters (lactones) is 1. The topological polar surface area (TPSA) is 74.9 Å². The van der Waals surface area contributed by atoms with E-state index in [4.69, 9.17) is 9.26 Å². The first-order valence-electron chi connectivity index (χ1n) is 10.1. The third kappa shape index (κ3) is 4.23. The Bertz CT molecular complexity index is 970. The Morgan fingerprint density at radius 3 is 2.60 bits per heavy atom. The highest BCUT2D eigenvalue weighted by Crippen LogP contribution is 2.23. The molecule has 30 heavy (non-hydrogen) atoms. The lowest BCUT2D eigenvalue weighted by Gasteiger charge is -2.34. The van der Waals surface area contributed by atoms with Crippen molar-refractivity contribution in [1.82, 2.24) is 19.9 Å². The smallest absolute Gasteiger partial charge is 0.414 e. The molecule has 0 N–H and O–H groups in total. The van der Waals surface area contributed by atoms with Gasteiger partial charge >= 0.3 is 6.09 Å². The van der Waals surface area contributed by atoms with Crippen molar-refractivity contribution in [2.75, 3.05) is 44.2 Å². The lowest BCUT2D eigenvalue weighted by atomic mass is 10.2. The summed E-state index contributed by atoms with van der Waals surface area (Å²) in [5.41, 5.74) is 0.885. The molecule has 3 aromatic rings. The van der Waals surface area contributed by atoms with E-state index in [-0.39, 0.29) is 12.2 Å². The van der Waals surface area contributed by atoms with Gasteiger partial charge in [0.05, 0.1) is 18.0 Å². The molecule has 2 saturated heterocycles. The van der Waals surface area contributed by atoms with Gasteiger partial charge in [-0.1, -0.05) is 29.4 Å². The summed E-state index contributed by atoms with van der Waals surface area (Å²) in [6, 6.07) is 13.7. The molecular formula is C21H23N5O3S. The summed E-state index contributed by atoms with van der Waals surface area (Å²) in [5.74, 6) is 1.31. The molecule has 0 aliphatic carbocycles. The number of para-hydroxylation sites is 1. The molecule has 1 amide bonds. The maximum atomic E-state index is 12.2. The fourth-order valence-corrected chi connectivity index (χ4v) is 4.52. The van der Waals surface area contributed by atoms with Crippen LogP contribution in [0.3, 0.4) is 0 Å². The van der Waals surface area contributed by atoms with E-state index >= 15 is 0 Å². The zero-order valence-electron chi connectivity index (χ0n) is 16.5. The van der Waals surface area contributed by atoms with Crippen LogP contribution in [0.4, 0.5) is 10.5 Å². The number of hydrogen-bond acceptors (Lipinski definition) is 8. The SMILES string of the molecule is O=C1OC(CN2CCN(Cc3nc(-c4cccs4)no3)CC2)CN1c1ccccc1. The molecule has 1 aromatic carbocycles. The number of carbonyl (C=O) groups is 1. The number of amides is 1. The lowest BCUT2D eigenvalue weighted by Crippen LogP contribution is -2.48. The first-order valence-corrected chi connectivity index (χ1v) is 11.0. The summed E-state index contributed by atoms with van der Waals surface area (Å²) in [4.78, 5) is 24.1. The summed E-state index contributed by atoms with van der Waals surface area (Å²) < 4.78 is 11.0. The third-order valence-corrected chi connectivity index (χ3v) is 6.30. The zero-order valence-corrected chi connectivity index (χ0v) is 17.3. The molecule has 2 aliphatic heterocycles. The van der Waals surface area contributed by atoms with Crippen molar-refractivity contribution < 1.29 is 14.1 Å². The fraction of sp³-hybridized carbons (Fsp3) is 0.381. The quantitative estimate of drug-likeness (QED) is 0.601. The van der Waals surface area contributed by atoms with Crippen LogP contribution in [0, 0.1) is 0 Å². The van der Waals surface area contributed by atoms with Crippen LogP contribution < -0.4 is 4.90 Å². The fourth-order valence-electron chi connectivity index (χ4n) is 3.87. The van der Waals surface area contributed by atoms with E-state index in [1.165, 1.54) is 0 Å². The van der Waals surface area contributed by atoms with E-state index in [2.05, 4.69) is 19.9 Å². The molecule has 5 rings (SSSR count). The number of ether oxygens (including phenoxy) is 1. The average molecular weight is 426 g/mol. The Morgan fingerprint density at radius 2 is 1.83 bits per heavy atom. The highest BCUT2D eigenvalue weighted by molar-refractivity contribution is 7.13. The lowest BCUT2D eigenvalue weighted by molar-refractivity contribution is 0.0710. The predicted molar refractivity (Wildman–Crippen MR) is 113 cm³/mol. The molecule has 0 spiro atoms. The molecule has 0 bridgehead atoms. The van der Waals surface area contributed by atoms with Gasteiger partial charge in [0, 0.05) is 38.4 Å². The molecule has 4 heterocycles. The second kappa shape index (κ2) is 8.55. The second-order valence-electron chi connectivity index (χ2n) is 7.52. The maximum absolute atomic E-state index is 12.2. The van der Waals surface area contributed by atoms with Crippen LogP contribution in [0.1, 0.15) is 5.89 Å². The minimum absolute atomic E-state index is 0.103. The number of aromatic nitrogens is 2. The number of hydrogen-bond donors (Lipinski definition) is 0. The van der Waals surface area contributed by atoms with Crippen molar-refractivity contribution in [3.63, 3.8) is 0 Å². The zero-order chi connectivity index (χ0) is 20.3. The number of benzene rings is 1. The van der Waals surface area contributed by atoms with Crippen LogP contribution >= 0.6 is 11.3 Å². The van der Waals surface area contributed by atoms with Gasteiger partial charge in [-0.3, -0.25) is 14.7 Å². The van der Waals surface area contributed by atoms with E-state index in [9.17, 15) is 4.79 Å². The van der Waals surface area contributed by atoms with Crippen molar-refractivity contribution in [1.29, 1.82) is 0 Å². The molecule has 2 fully saturated rings. The van der Waals surface area contributed by atoms with Crippen LogP contribution in [-0.2, 0) is 11.3 Å². The van der Waals surface area contributed by atoms with Crippen molar-refractivity contribution in [3.8, 4) is 10.7 Å². The Morgan fingerprint density at radius 1 is 1.03 bits per heavy atom. The Kier molecular flexibility index (Phi) is 5.48. The first kappa shape index (κ1) is 19.2. The van der Waals surface area contributed by atoms with Gasteiger partial charge in [0.25, 0.3) is 0 Å². The van der Waals surface area contributed by atoms with E-state index in [0.717, 1.165) is 43.3 Å². The Labute approximate surface area is 178 Å². The Balaban J connectivity index is 1.10. The summed E-state index contributed by atoms with van der Waals surface area (Å²) in [7, 11) is 0. The average Bonchev–Trinajstić information content (AvgIpc) is 3.51. The van der Waals surface area contributed by atoms with E-state index < -0.39 is 0 Å². The summed E-state index contributed by atoms with van der Waals surface area (Å²) in [6.07, 6.45) is -0.365. The minimum atomic E-state index is -0.261. The minimum Gasteiger partial charge on any atom is -0.443 e. The number of rotatable bonds is 6. The highest BCUT2D eigenvalue weighted by atomic mass is 32.1. The number of piperazine rings is 1. The number of carbonyl (C=O) groups excluding carboxylic acids is 1. The molecule has 1 atom stereocenters. The standard InChI is InChI=1S/C21H23N5O3S/c27-21-26(16-5-2-1-3-6-16)14-17(28-21)13-24-8-10-25(11-9-24)15-19-22-20(23-29-19)18-7-4-12-30-18/h1-7,12,17H,8-11,13-15H2. The van der Waals surface area contributed by atoms with Crippen LogP contribution in [0.15, 0.2) is 52.4 Å². The molecule has 0 saturated carbocycles. The van der Waals surface area contributed by atoms with Crippen LogP contribution in [0.2, 0.25) is 0 Å². The number of nitrogens with zero attached hydrogens (tertiary/aromatic N) is 5. The molecule has 1 unspecified atom stereocenters. The van der Waals surface area contributed by atoms with Crippen molar-refractivity contribution >= 4 is 23.1 Å². The number of thiophene rings is 1. The predicted octanol–water partition coefficient (Wildman–Crippen LogP) is 2.94. The van der Waals surface area contributed by atoms with Gasteiger partial charge in [-0.15, -0.1) is 11.3 Å². The van der Waals surface area contributed by atoms with Crippen molar-refractivity contribution in [2.24, 2.45) is 0 Å². The monoisotopic (exact) mass is 425 g/mol. The van der Waals surface area contributed by atoms with Crippen LogP contribution in [0.5, 0.6) is 0 Å². The van der Waals surface area contributed by atoms with Crippen LogP contribution in [0.25, 0.3) is 10.7 Å². The normalized spacial score (nSPS) is 20.6. The van der Waals surface area contributed by atoms with Gasteiger partial charge in [-0.05, 0) is 23.6 Å². The first-order chi connectivity index (χ1) is 14.7. The van der Waals surface area contributed by atoms with Gasteiger partial charge in [0.15, 0.2) is 0 Å². The Hall–Kier alpha value is -2.75. The van der Waals surface area contributed by atoms with Gasteiger partial charge in [-0.25, -0.2) is 4.79 Å². The third-order valence-electron chi connectivity index (χ3n) is 5.44. The molecule has 0 radical (unpaired) electrons. The molecule has 9 heteroatoms. The molecule has 8 nitrogen and oxygen atoms in total. The summed E-state index contributed by atoms with van der Waals surface area (Å²) in [6.45, 7) is 5.69. The molecule has 156 valence electrons. The van der Waals surface area contributed by atoms with Gasteiger partial charge in [0.1, 0.15) is 6.10 Å². The van der Waals surface area contributed by atoms with Crippen LogP contribution in [-0.4, -0.2) is 71.4 Å². The number of anilines is 1. The molecule has 2 aromatic heterocycles. The van der Waals surface area contributed by atoms with E-state index in [1.807, 2.05) is 47.8 Å². The van der Waals surface area contributed by atoms with E-state index in [1.54, 1.807) is 16.2 Å². The van der Waals surface area contributed by atoms with Crippen molar-refractivity contribution in [2.45, 2.75) is 12.6 Å². The van der Waals surface area contributed by atoms with Crippen molar-refractivity contribution in [3.05, 3.63) is 53.7 Å². The summed E-state index contributed by atoms with van der Waals surface area (Å²) in [5, 5.41) is 6.09. The van der Waals surface area contributed by atoms with Gasteiger partial charge in [-0.2, -0.15) is 4.98 Å². The largest absolute Gasteiger partial charge is 0.443 e. The molecule has 2 aliphatic rings. The second-order valence-corrected chi connectivity index (χ2v) is 8.47. The van der Waals surface area contributed by atoms with Gasteiger partial charge < -0.3 is 9.26 Å². The maximum Gasteiger partial charge on any atom is 0.414 e. The summed E-state index contributed by atoms with van der Waals surface area (Å²) >= 11 is 1.60. The highest BCUT2D eigenvalue weighted by Gasteiger charge is 2.34.